The van der Waals surface area contributed by atoms with Crippen LogP contribution in [0.2, 0.25) is 0 Å². The van der Waals surface area contributed by atoms with Crippen LogP contribution in [-0.2, 0) is 16.6 Å². The number of hydrogen-bond donors (Lipinski definition) is 1. The third-order valence-electron chi connectivity index (χ3n) is 3.70. The van der Waals surface area contributed by atoms with Crippen molar-refractivity contribution < 1.29 is 13.5 Å². The van der Waals surface area contributed by atoms with Gasteiger partial charge in [-0.15, -0.1) is 0 Å². The monoisotopic (exact) mass is 317 g/mol. The van der Waals surface area contributed by atoms with Crippen LogP contribution in [0.5, 0.6) is 0 Å². The van der Waals surface area contributed by atoms with Crippen LogP contribution in [0.4, 0.5) is 0 Å². The van der Waals surface area contributed by atoms with Crippen molar-refractivity contribution in [3.63, 3.8) is 0 Å². The number of hydrogen-bond acceptors (Lipinski definition) is 4. The molecular formula is C14H27N3O3S. The lowest BCUT2D eigenvalue weighted by Gasteiger charge is -2.25. The maximum absolute atomic E-state index is 12.8. The molecular weight excluding hydrogens is 290 g/mol. The minimum absolute atomic E-state index is 0.0684. The molecule has 6 nitrogen and oxygen atoms in total. The van der Waals surface area contributed by atoms with E-state index in [1.807, 2.05) is 6.92 Å². The van der Waals surface area contributed by atoms with Crippen molar-refractivity contribution in [2.45, 2.75) is 58.5 Å². The normalized spacial score (nSPS) is 14.1. The van der Waals surface area contributed by atoms with Crippen molar-refractivity contribution in [3.8, 4) is 0 Å². The van der Waals surface area contributed by atoms with Gasteiger partial charge in [-0.25, -0.2) is 8.42 Å². The van der Waals surface area contributed by atoms with Gasteiger partial charge in [0.2, 0.25) is 10.0 Å². The highest BCUT2D eigenvalue weighted by molar-refractivity contribution is 7.89. The van der Waals surface area contributed by atoms with E-state index in [9.17, 15) is 8.42 Å². The molecule has 0 saturated heterocycles. The third-order valence-corrected chi connectivity index (χ3v) is 5.92. The van der Waals surface area contributed by atoms with Gasteiger partial charge in [0.25, 0.3) is 0 Å². The number of aliphatic hydroxyl groups excluding tert-OH is 1. The minimum atomic E-state index is -3.57. The Kier molecular flexibility index (Phi) is 5.95. The molecule has 1 heterocycles. The maximum atomic E-state index is 12.8. The predicted molar refractivity (Wildman–Crippen MR) is 82.7 cm³/mol. The summed E-state index contributed by atoms with van der Waals surface area (Å²) in [5, 5.41) is 13.2. The standard InChI is InChI=1S/C14H27N3O3S/c1-10(2)9-11(3)16(6)21(19,20)14-12(4)15-17(7-8-18)13(14)5/h10-11,18H,7-9H2,1-6H3. The largest absolute Gasteiger partial charge is 0.394 e. The van der Waals surface area contributed by atoms with Gasteiger partial charge in [0.05, 0.1) is 24.5 Å². The van der Waals surface area contributed by atoms with Crippen LogP contribution in [0.1, 0.15) is 38.6 Å². The van der Waals surface area contributed by atoms with Crippen LogP contribution < -0.4 is 0 Å². The van der Waals surface area contributed by atoms with E-state index in [-0.39, 0.29) is 17.5 Å². The van der Waals surface area contributed by atoms with Crippen LogP contribution in [0.25, 0.3) is 0 Å². The molecule has 0 aliphatic carbocycles. The van der Waals surface area contributed by atoms with E-state index in [1.165, 1.54) is 4.31 Å². The number of sulfonamides is 1. The second kappa shape index (κ2) is 6.89. The van der Waals surface area contributed by atoms with E-state index in [0.717, 1.165) is 6.42 Å². The Hall–Kier alpha value is -0.920. The first-order valence-corrected chi connectivity index (χ1v) is 8.69. The molecule has 1 rings (SSSR count). The average molecular weight is 317 g/mol. The minimum Gasteiger partial charge on any atom is -0.394 e. The first kappa shape index (κ1) is 18.1. The molecule has 0 aliphatic rings. The Balaban J connectivity index is 3.19. The molecule has 0 amide bonds. The Morgan fingerprint density at radius 3 is 2.33 bits per heavy atom. The molecule has 0 saturated carbocycles. The molecule has 21 heavy (non-hydrogen) atoms. The van der Waals surface area contributed by atoms with Crippen molar-refractivity contribution in [3.05, 3.63) is 11.4 Å². The zero-order valence-corrected chi connectivity index (χ0v) is 14.6. The van der Waals surface area contributed by atoms with E-state index in [4.69, 9.17) is 5.11 Å². The van der Waals surface area contributed by atoms with E-state index >= 15 is 0 Å². The number of aliphatic hydroxyl groups is 1. The molecule has 1 N–H and O–H groups in total. The highest BCUT2D eigenvalue weighted by atomic mass is 32.2. The van der Waals surface area contributed by atoms with Gasteiger partial charge in [0.15, 0.2) is 0 Å². The number of aromatic nitrogens is 2. The molecule has 0 bridgehead atoms. The van der Waals surface area contributed by atoms with Crippen molar-refractivity contribution in [1.82, 2.24) is 14.1 Å². The first-order chi connectivity index (χ1) is 9.62. The Morgan fingerprint density at radius 1 is 1.29 bits per heavy atom. The lowest BCUT2D eigenvalue weighted by Crippen LogP contribution is -2.36. The molecule has 7 heteroatoms. The summed E-state index contributed by atoms with van der Waals surface area (Å²) in [6.07, 6.45) is 0.804. The highest BCUT2D eigenvalue weighted by Crippen LogP contribution is 2.25. The van der Waals surface area contributed by atoms with Crippen molar-refractivity contribution in [2.24, 2.45) is 5.92 Å². The molecule has 0 spiro atoms. The van der Waals surface area contributed by atoms with Crippen molar-refractivity contribution in [1.29, 1.82) is 0 Å². The number of aryl methyl sites for hydroxylation is 1. The van der Waals surface area contributed by atoms with Crippen LogP contribution >= 0.6 is 0 Å². The predicted octanol–water partition coefficient (Wildman–Crippen LogP) is 1.55. The summed E-state index contributed by atoms with van der Waals surface area (Å²) >= 11 is 0. The van der Waals surface area contributed by atoms with E-state index in [2.05, 4.69) is 18.9 Å². The van der Waals surface area contributed by atoms with E-state index < -0.39 is 10.0 Å². The summed E-state index contributed by atoms with van der Waals surface area (Å²) in [5.41, 5.74) is 1.05. The summed E-state index contributed by atoms with van der Waals surface area (Å²) in [5.74, 6) is 0.428. The molecule has 0 aliphatic heterocycles. The van der Waals surface area contributed by atoms with Crippen LogP contribution in [0, 0.1) is 19.8 Å². The Bertz CT molecular complexity index is 579. The van der Waals surface area contributed by atoms with Gasteiger partial charge in [-0.2, -0.15) is 9.40 Å². The lowest BCUT2D eigenvalue weighted by molar-refractivity contribution is 0.267. The summed E-state index contributed by atoms with van der Waals surface area (Å²) < 4.78 is 28.6. The second-order valence-corrected chi connectivity index (χ2v) is 7.88. The molecule has 122 valence electrons. The summed E-state index contributed by atoms with van der Waals surface area (Å²) in [4.78, 5) is 0.258. The van der Waals surface area contributed by atoms with Crippen molar-refractivity contribution in [2.75, 3.05) is 13.7 Å². The van der Waals surface area contributed by atoms with E-state index in [0.29, 0.717) is 23.9 Å². The van der Waals surface area contributed by atoms with Gasteiger partial charge in [0.1, 0.15) is 4.90 Å². The quantitative estimate of drug-likeness (QED) is 0.828. The number of nitrogens with zero attached hydrogens (tertiary/aromatic N) is 3. The fraction of sp³-hybridized carbons (Fsp3) is 0.786. The first-order valence-electron chi connectivity index (χ1n) is 7.25. The topological polar surface area (TPSA) is 75.4 Å². The average Bonchev–Trinajstić information content (AvgIpc) is 2.63. The molecule has 1 aromatic heterocycles. The van der Waals surface area contributed by atoms with Crippen LogP contribution in [0.15, 0.2) is 4.90 Å². The number of rotatable bonds is 7. The molecule has 0 fully saturated rings. The smallest absolute Gasteiger partial charge is 0.246 e. The van der Waals surface area contributed by atoms with Gasteiger partial charge in [-0.1, -0.05) is 13.8 Å². The van der Waals surface area contributed by atoms with Crippen LogP contribution in [0.3, 0.4) is 0 Å². The molecule has 1 unspecified atom stereocenters. The van der Waals surface area contributed by atoms with Gasteiger partial charge >= 0.3 is 0 Å². The second-order valence-electron chi connectivity index (χ2n) is 5.95. The van der Waals surface area contributed by atoms with Gasteiger partial charge in [-0.3, -0.25) is 4.68 Å². The Labute approximate surface area is 127 Å². The lowest BCUT2D eigenvalue weighted by atomic mass is 10.1. The zero-order valence-electron chi connectivity index (χ0n) is 13.8. The maximum Gasteiger partial charge on any atom is 0.246 e. The third kappa shape index (κ3) is 3.84. The summed E-state index contributed by atoms with van der Waals surface area (Å²) in [6.45, 7) is 9.71. The molecule has 1 aromatic rings. The molecule has 0 aromatic carbocycles. The van der Waals surface area contributed by atoms with Crippen molar-refractivity contribution >= 4 is 10.0 Å². The van der Waals surface area contributed by atoms with Crippen LogP contribution in [-0.4, -0.2) is 47.3 Å². The highest BCUT2D eigenvalue weighted by Gasteiger charge is 2.31. The van der Waals surface area contributed by atoms with Gasteiger partial charge in [-0.05, 0) is 33.1 Å². The summed E-state index contributed by atoms with van der Waals surface area (Å²) in [6, 6.07) is -0.0741. The van der Waals surface area contributed by atoms with E-state index in [1.54, 1.807) is 25.6 Å². The van der Waals surface area contributed by atoms with Gasteiger partial charge in [0, 0.05) is 13.1 Å². The molecule has 0 radical (unpaired) electrons. The Morgan fingerprint density at radius 2 is 1.86 bits per heavy atom. The zero-order chi connectivity index (χ0) is 16.4. The SMILES string of the molecule is Cc1nn(CCO)c(C)c1S(=O)(=O)N(C)C(C)CC(C)C. The fourth-order valence-electron chi connectivity index (χ4n) is 2.58. The summed E-state index contributed by atoms with van der Waals surface area (Å²) in [7, 11) is -1.96. The van der Waals surface area contributed by atoms with Gasteiger partial charge < -0.3 is 5.11 Å². The molecule has 1 atom stereocenters. The fourth-order valence-corrected chi connectivity index (χ4v) is 4.32.